The summed E-state index contributed by atoms with van der Waals surface area (Å²) in [7, 11) is 0. The van der Waals surface area contributed by atoms with Crippen molar-refractivity contribution in [2.24, 2.45) is 0 Å². The van der Waals surface area contributed by atoms with E-state index in [-0.39, 0.29) is 0 Å². The van der Waals surface area contributed by atoms with Gasteiger partial charge in [0.25, 0.3) is 0 Å². The van der Waals surface area contributed by atoms with Gasteiger partial charge in [0.15, 0.2) is 0 Å². The van der Waals surface area contributed by atoms with Crippen LogP contribution in [0.5, 0.6) is 0 Å². The van der Waals surface area contributed by atoms with Gasteiger partial charge in [-0.05, 0) is 37.1 Å². The Kier molecular flexibility index (Phi) is 4.31. The number of aromatic nitrogens is 1. The van der Waals surface area contributed by atoms with Gasteiger partial charge in [0.2, 0.25) is 0 Å². The number of para-hydroxylation sites is 1. The van der Waals surface area contributed by atoms with Crippen LogP contribution in [0.3, 0.4) is 0 Å². The molecule has 108 valence electrons. The summed E-state index contributed by atoms with van der Waals surface area (Å²) in [6.07, 6.45) is 3.65. The number of hydrogen-bond donors (Lipinski definition) is 1. The molecule has 0 bridgehead atoms. The van der Waals surface area contributed by atoms with Gasteiger partial charge in [-0.15, -0.1) is 0 Å². The third-order valence-corrected chi connectivity index (χ3v) is 5.21. The van der Waals surface area contributed by atoms with Crippen molar-refractivity contribution in [1.82, 2.24) is 4.98 Å². The summed E-state index contributed by atoms with van der Waals surface area (Å²) >= 11 is 2.05. The maximum atomic E-state index is 9.32. The molecule has 1 saturated carbocycles. The topological polar surface area (TPSA) is 48.7 Å². The van der Waals surface area contributed by atoms with E-state index >= 15 is 0 Å². The van der Waals surface area contributed by atoms with Crippen LogP contribution in [0.4, 0.5) is 5.82 Å². The highest BCUT2D eigenvalue weighted by atomic mass is 32.2. The molecule has 1 aromatic heterocycles. The van der Waals surface area contributed by atoms with Crippen molar-refractivity contribution in [2.75, 3.05) is 11.1 Å². The number of pyridine rings is 1. The highest BCUT2D eigenvalue weighted by Crippen LogP contribution is 2.31. The van der Waals surface area contributed by atoms with Crippen LogP contribution in [0.1, 0.15) is 31.7 Å². The van der Waals surface area contributed by atoms with Crippen molar-refractivity contribution in [1.29, 1.82) is 5.26 Å². The molecule has 4 heteroatoms. The zero-order valence-corrected chi connectivity index (χ0v) is 13.0. The molecule has 1 aliphatic rings. The van der Waals surface area contributed by atoms with E-state index in [4.69, 9.17) is 0 Å². The molecule has 1 fully saturated rings. The van der Waals surface area contributed by atoms with Crippen molar-refractivity contribution in [3.8, 4) is 6.07 Å². The maximum Gasteiger partial charge on any atom is 0.128 e. The van der Waals surface area contributed by atoms with Gasteiger partial charge >= 0.3 is 0 Å². The number of thioether (sulfide) groups is 1. The minimum Gasteiger partial charge on any atom is -0.367 e. The lowest BCUT2D eigenvalue weighted by Gasteiger charge is -2.14. The molecule has 0 spiro atoms. The Labute approximate surface area is 129 Å². The lowest BCUT2D eigenvalue weighted by molar-refractivity contribution is 0.753. The smallest absolute Gasteiger partial charge is 0.128 e. The van der Waals surface area contributed by atoms with Crippen LogP contribution in [0, 0.1) is 11.3 Å². The molecule has 1 N–H and O–H groups in total. The molecule has 0 aliphatic heterocycles. The Balaban J connectivity index is 1.80. The predicted molar refractivity (Wildman–Crippen MR) is 89.6 cm³/mol. The Morgan fingerprint density at radius 2 is 2.24 bits per heavy atom. The van der Waals surface area contributed by atoms with Crippen LogP contribution in [-0.2, 0) is 0 Å². The molecular formula is C17H19N3S. The summed E-state index contributed by atoms with van der Waals surface area (Å²) < 4.78 is 0. The zero-order valence-electron chi connectivity index (χ0n) is 12.2. The van der Waals surface area contributed by atoms with E-state index in [1.54, 1.807) is 0 Å². The third kappa shape index (κ3) is 3.14. The van der Waals surface area contributed by atoms with E-state index in [0.717, 1.165) is 22.0 Å². The van der Waals surface area contributed by atoms with Gasteiger partial charge in [0, 0.05) is 16.7 Å². The largest absolute Gasteiger partial charge is 0.367 e. The van der Waals surface area contributed by atoms with Crippen molar-refractivity contribution < 1.29 is 0 Å². The highest BCUT2D eigenvalue weighted by molar-refractivity contribution is 7.99. The number of anilines is 1. The summed E-state index contributed by atoms with van der Waals surface area (Å²) in [5.74, 6) is 2.02. The first-order valence-electron chi connectivity index (χ1n) is 7.48. The van der Waals surface area contributed by atoms with Crippen molar-refractivity contribution in [2.45, 2.75) is 37.5 Å². The van der Waals surface area contributed by atoms with Crippen LogP contribution >= 0.6 is 11.8 Å². The number of benzene rings is 1. The van der Waals surface area contributed by atoms with Crippen LogP contribution in [0.25, 0.3) is 10.9 Å². The number of nitrogens with one attached hydrogen (secondary N) is 1. The minimum absolute atomic E-state index is 0.481. The molecule has 2 aromatic rings. The molecule has 2 unspecified atom stereocenters. The van der Waals surface area contributed by atoms with E-state index in [1.165, 1.54) is 25.0 Å². The van der Waals surface area contributed by atoms with Crippen LogP contribution < -0.4 is 5.32 Å². The second kappa shape index (κ2) is 6.36. The van der Waals surface area contributed by atoms with Gasteiger partial charge in [0.1, 0.15) is 5.82 Å². The first-order valence-corrected chi connectivity index (χ1v) is 8.53. The molecule has 2 atom stereocenters. The van der Waals surface area contributed by atoms with Gasteiger partial charge in [-0.25, -0.2) is 4.98 Å². The molecular weight excluding hydrogens is 278 g/mol. The lowest BCUT2D eigenvalue weighted by atomic mass is 10.1. The molecule has 0 saturated heterocycles. The number of hydrogen-bond acceptors (Lipinski definition) is 4. The molecule has 3 rings (SSSR count). The molecule has 1 aromatic carbocycles. The van der Waals surface area contributed by atoms with Crippen LogP contribution in [0.15, 0.2) is 30.3 Å². The number of nitriles is 1. The summed E-state index contributed by atoms with van der Waals surface area (Å²) in [5, 5.41) is 14.5. The average Bonchev–Trinajstić information content (AvgIpc) is 2.94. The van der Waals surface area contributed by atoms with Gasteiger partial charge in [-0.2, -0.15) is 17.0 Å². The standard InChI is InChI=1S/C17H19N3S/c1-2-21-14-8-7-13(10-14)19-17-9-12(11-18)15-5-3-4-6-16(15)20-17/h3-6,9,13-14H,2,7-8,10H2,1H3,(H,19,20). The summed E-state index contributed by atoms with van der Waals surface area (Å²) in [5.41, 5.74) is 1.58. The quantitative estimate of drug-likeness (QED) is 0.919. The first kappa shape index (κ1) is 14.2. The average molecular weight is 297 g/mol. The number of nitrogens with zero attached hydrogens (tertiary/aromatic N) is 2. The Morgan fingerprint density at radius 1 is 1.38 bits per heavy atom. The molecule has 1 heterocycles. The normalized spacial score (nSPS) is 21.3. The summed E-state index contributed by atoms with van der Waals surface area (Å²) in [6, 6.07) is 12.5. The van der Waals surface area contributed by atoms with Crippen molar-refractivity contribution in [3.63, 3.8) is 0 Å². The summed E-state index contributed by atoms with van der Waals surface area (Å²) in [4.78, 5) is 4.65. The Bertz CT molecular complexity index is 677. The van der Waals surface area contributed by atoms with E-state index in [1.807, 2.05) is 30.3 Å². The molecule has 21 heavy (non-hydrogen) atoms. The highest BCUT2D eigenvalue weighted by Gasteiger charge is 2.24. The van der Waals surface area contributed by atoms with Gasteiger partial charge in [-0.1, -0.05) is 25.1 Å². The van der Waals surface area contributed by atoms with Crippen LogP contribution in [0.2, 0.25) is 0 Å². The number of fused-ring (bicyclic) bond motifs is 1. The third-order valence-electron chi connectivity index (χ3n) is 3.98. The zero-order chi connectivity index (χ0) is 14.7. The van der Waals surface area contributed by atoms with E-state index in [9.17, 15) is 5.26 Å². The van der Waals surface area contributed by atoms with Gasteiger partial charge in [-0.3, -0.25) is 0 Å². The lowest BCUT2D eigenvalue weighted by Crippen LogP contribution is -2.17. The van der Waals surface area contributed by atoms with Gasteiger partial charge in [0.05, 0.1) is 17.1 Å². The molecule has 0 radical (unpaired) electrons. The first-order chi connectivity index (χ1) is 10.3. The fourth-order valence-corrected chi connectivity index (χ4v) is 4.15. The van der Waals surface area contributed by atoms with Crippen molar-refractivity contribution in [3.05, 3.63) is 35.9 Å². The monoisotopic (exact) mass is 297 g/mol. The number of rotatable bonds is 4. The molecule has 1 aliphatic carbocycles. The second-order valence-electron chi connectivity index (χ2n) is 5.42. The predicted octanol–water partition coefficient (Wildman–Crippen LogP) is 4.19. The molecule has 0 amide bonds. The minimum atomic E-state index is 0.481. The molecule has 3 nitrogen and oxygen atoms in total. The van der Waals surface area contributed by atoms with Crippen LogP contribution in [-0.4, -0.2) is 22.0 Å². The summed E-state index contributed by atoms with van der Waals surface area (Å²) in [6.45, 7) is 2.22. The second-order valence-corrected chi connectivity index (χ2v) is 6.99. The van der Waals surface area contributed by atoms with Crippen molar-refractivity contribution >= 4 is 28.5 Å². The van der Waals surface area contributed by atoms with E-state index < -0.39 is 0 Å². The van der Waals surface area contributed by atoms with E-state index in [0.29, 0.717) is 11.6 Å². The fourth-order valence-electron chi connectivity index (χ4n) is 3.01. The Hall–Kier alpha value is -1.73. The fraction of sp³-hybridized carbons (Fsp3) is 0.412. The maximum absolute atomic E-state index is 9.32. The Morgan fingerprint density at radius 3 is 3.05 bits per heavy atom. The SMILES string of the molecule is CCSC1CCC(Nc2cc(C#N)c3ccccc3n2)C1. The van der Waals surface area contributed by atoms with Gasteiger partial charge < -0.3 is 5.32 Å². The van der Waals surface area contributed by atoms with E-state index in [2.05, 4.69) is 35.1 Å².